The van der Waals surface area contributed by atoms with Crippen LogP contribution in [0.1, 0.15) is 19.3 Å². The van der Waals surface area contributed by atoms with Crippen molar-refractivity contribution in [2.75, 3.05) is 26.7 Å². The van der Waals surface area contributed by atoms with Gasteiger partial charge in [-0.05, 0) is 25.0 Å². The standard InChI is InChI=1S/C16H23N3O5S/c1-24-16(21)19-11-8-13(9-12-19)18-15(20)7-10-17-25(22,23)14-5-3-2-4-6-14/h2-6,13,17H,7-12H2,1H3,(H,18,20). The molecule has 138 valence electrons. The number of sulfonamides is 1. The van der Waals surface area contributed by atoms with Crippen molar-refractivity contribution in [1.82, 2.24) is 14.9 Å². The Bertz CT molecular complexity index is 685. The molecule has 0 bridgehead atoms. The molecule has 1 aromatic carbocycles. The second-order valence-corrected chi connectivity index (χ2v) is 7.53. The number of rotatable bonds is 6. The fourth-order valence-corrected chi connectivity index (χ4v) is 3.67. The summed E-state index contributed by atoms with van der Waals surface area (Å²) < 4.78 is 31.2. The average Bonchev–Trinajstić information content (AvgIpc) is 2.62. The number of piperidine rings is 1. The third-order valence-corrected chi connectivity index (χ3v) is 5.47. The van der Waals surface area contributed by atoms with Crippen LogP contribution in [0.15, 0.2) is 35.2 Å². The van der Waals surface area contributed by atoms with Crippen molar-refractivity contribution >= 4 is 22.0 Å². The summed E-state index contributed by atoms with van der Waals surface area (Å²) in [5, 5.41) is 2.87. The molecule has 25 heavy (non-hydrogen) atoms. The Morgan fingerprint density at radius 1 is 1.20 bits per heavy atom. The van der Waals surface area contributed by atoms with Gasteiger partial charge in [0.2, 0.25) is 15.9 Å². The highest BCUT2D eigenvalue weighted by Gasteiger charge is 2.24. The zero-order valence-corrected chi connectivity index (χ0v) is 14.9. The highest BCUT2D eigenvalue weighted by Crippen LogP contribution is 2.11. The van der Waals surface area contributed by atoms with Crippen molar-refractivity contribution in [3.8, 4) is 0 Å². The fraction of sp³-hybridized carbons (Fsp3) is 0.500. The molecule has 1 fully saturated rings. The summed E-state index contributed by atoms with van der Waals surface area (Å²) in [6.45, 7) is 1.08. The number of nitrogens with one attached hydrogen (secondary N) is 2. The predicted molar refractivity (Wildman–Crippen MR) is 91.4 cm³/mol. The summed E-state index contributed by atoms with van der Waals surface area (Å²) in [5.74, 6) is -0.215. The SMILES string of the molecule is COC(=O)N1CCC(NC(=O)CCNS(=O)(=O)c2ccccc2)CC1. The number of nitrogens with zero attached hydrogens (tertiary/aromatic N) is 1. The van der Waals surface area contributed by atoms with Crippen LogP contribution in [-0.4, -0.2) is 58.1 Å². The summed E-state index contributed by atoms with van der Waals surface area (Å²) in [6.07, 6.45) is 0.997. The molecular weight excluding hydrogens is 346 g/mol. The Balaban J connectivity index is 1.71. The van der Waals surface area contributed by atoms with Gasteiger partial charge >= 0.3 is 6.09 Å². The molecule has 1 aromatic rings. The number of carbonyl (C=O) groups is 2. The quantitative estimate of drug-likeness (QED) is 0.768. The first kappa shape index (κ1) is 19.2. The van der Waals surface area contributed by atoms with Crippen LogP contribution in [0.2, 0.25) is 0 Å². The van der Waals surface area contributed by atoms with Crippen molar-refractivity contribution < 1.29 is 22.7 Å². The Hall–Kier alpha value is -2.13. The third kappa shape index (κ3) is 5.71. The molecule has 0 atom stereocenters. The first-order chi connectivity index (χ1) is 11.9. The second-order valence-electron chi connectivity index (χ2n) is 5.76. The highest BCUT2D eigenvalue weighted by atomic mass is 32.2. The Morgan fingerprint density at radius 3 is 2.44 bits per heavy atom. The summed E-state index contributed by atoms with van der Waals surface area (Å²) in [4.78, 5) is 25.1. The van der Waals surface area contributed by atoms with E-state index in [0.29, 0.717) is 25.9 Å². The molecule has 0 saturated carbocycles. The topological polar surface area (TPSA) is 105 Å². The molecule has 2 N–H and O–H groups in total. The second kappa shape index (κ2) is 8.82. The zero-order chi connectivity index (χ0) is 18.3. The number of hydrogen-bond donors (Lipinski definition) is 2. The maximum atomic E-state index is 12.0. The van der Waals surface area contributed by atoms with Crippen LogP contribution in [-0.2, 0) is 19.6 Å². The number of hydrogen-bond acceptors (Lipinski definition) is 5. The van der Waals surface area contributed by atoms with Gasteiger partial charge in [-0.25, -0.2) is 17.9 Å². The van der Waals surface area contributed by atoms with Crippen molar-refractivity contribution in [3.63, 3.8) is 0 Å². The van der Waals surface area contributed by atoms with Crippen LogP contribution >= 0.6 is 0 Å². The van der Waals surface area contributed by atoms with Crippen molar-refractivity contribution in [2.45, 2.75) is 30.2 Å². The average molecular weight is 369 g/mol. The van der Waals surface area contributed by atoms with Gasteiger partial charge < -0.3 is 15.0 Å². The van der Waals surface area contributed by atoms with E-state index < -0.39 is 10.0 Å². The number of ether oxygens (including phenoxy) is 1. The maximum absolute atomic E-state index is 12.0. The molecule has 1 aliphatic rings. The van der Waals surface area contributed by atoms with E-state index in [9.17, 15) is 18.0 Å². The van der Waals surface area contributed by atoms with E-state index in [1.807, 2.05) is 0 Å². The van der Waals surface area contributed by atoms with E-state index >= 15 is 0 Å². The smallest absolute Gasteiger partial charge is 0.409 e. The Morgan fingerprint density at radius 2 is 1.84 bits per heavy atom. The molecule has 0 aliphatic carbocycles. The molecule has 0 unspecified atom stereocenters. The molecule has 1 aliphatic heterocycles. The molecule has 9 heteroatoms. The fourth-order valence-electron chi connectivity index (χ4n) is 2.62. The minimum atomic E-state index is -3.60. The largest absolute Gasteiger partial charge is 0.453 e. The molecule has 0 aromatic heterocycles. The van der Waals surface area contributed by atoms with E-state index in [0.717, 1.165) is 0 Å². The molecule has 0 radical (unpaired) electrons. The van der Waals surface area contributed by atoms with E-state index in [2.05, 4.69) is 14.8 Å². The van der Waals surface area contributed by atoms with Crippen molar-refractivity contribution in [1.29, 1.82) is 0 Å². The van der Waals surface area contributed by atoms with Gasteiger partial charge in [0.25, 0.3) is 0 Å². The van der Waals surface area contributed by atoms with Crippen LogP contribution in [0, 0.1) is 0 Å². The summed E-state index contributed by atoms with van der Waals surface area (Å²) >= 11 is 0. The van der Waals surface area contributed by atoms with Gasteiger partial charge in [-0.2, -0.15) is 0 Å². The van der Waals surface area contributed by atoms with Gasteiger partial charge in [0.05, 0.1) is 12.0 Å². The highest BCUT2D eigenvalue weighted by molar-refractivity contribution is 7.89. The van der Waals surface area contributed by atoms with E-state index in [-0.39, 0.29) is 35.9 Å². The van der Waals surface area contributed by atoms with Crippen LogP contribution < -0.4 is 10.0 Å². The van der Waals surface area contributed by atoms with Gasteiger partial charge in [-0.15, -0.1) is 0 Å². The van der Waals surface area contributed by atoms with Crippen LogP contribution in [0.4, 0.5) is 4.79 Å². The minimum Gasteiger partial charge on any atom is -0.453 e. The first-order valence-corrected chi connectivity index (χ1v) is 9.57. The normalized spacial score (nSPS) is 15.6. The van der Waals surface area contributed by atoms with Crippen LogP contribution in [0.3, 0.4) is 0 Å². The minimum absolute atomic E-state index is 0.0147. The Kier molecular flexibility index (Phi) is 6.77. The molecule has 8 nitrogen and oxygen atoms in total. The third-order valence-electron chi connectivity index (χ3n) is 3.99. The molecule has 2 amide bonds. The number of methoxy groups -OCH3 is 1. The van der Waals surface area contributed by atoms with Crippen LogP contribution in [0.5, 0.6) is 0 Å². The number of likely N-dealkylation sites (tertiary alicyclic amines) is 1. The lowest BCUT2D eigenvalue weighted by atomic mass is 10.1. The molecule has 2 rings (SSSR count). The monoisotopic (exact) mass is 369 g/mol. The van der Waals surface area contributed by atoms with Crippen molar-refractivity contribution in [2.24, 2.45) is 0 Å². The lowest BCUT2D eigenvalue weighted by Gasteiger charge is -2.31. The number of benzene rings is 1. The molecule has 1 heterocycles. The summed E-state index contributed by atoms with van der Waals surface area (Å²) in [7, 11) is -2.26. The first-order valence-electron chi connectivity index (χ1n) is 8.09. The van der Waals surface area contributed by atoms with Gasteiger partial charge in [-0.3, -0.25) is 4.79 Å². The van der Waals surface area contributed by atoms with Gasteiger partial charge in [0.15, 0.2) is 0 Å². The lowest BCUT2D eigenvalue weighted by molar-refractivity contribution is -0.121. The summed E-state index contributed by atoms with van der Waals surface area (Å²) in [5.41, 5.74) is 0. The molecular formula is C16H23N3O5S. The lowest BCUT2D eigenvalue weighted by Crippen LogP contribution is -2.46. The zero-order valence-electron chi connectivity index (χ0n) is 14.1. The molecule has 0 spiro atoms. The van der Waals surface area contributed by atoms with E-state index in [4.69, 9.17) is 0 Å². The van der Waals surface area contributed by atoms with E-state index in [1.54, 1.807) is 23.1 Å². The van der Waals surface area contributed by atoms with Gasteiger partial charge in [-0.1, -0.05) is 18.2 Å². The number of carbonyl (C=O) groups excluding carboxylic acids is 2. The van der Waals surface area contributed by atoms with E-state index in [1.165, 1.54) is 19.2 Å². The predicted octanol–water partition coefficient (Wildman–Crippen LogP) is 0.702. The van der Waals surface area contributed by atoms with Crippen molar-refractivity contribution in [3.05, 3.63) is 30.3 Å². The summed E-state index contributed by atoms with van der Waals surface area (Å²) in [6, 6.07) is 8.00. The number of amides is 2. The van der Waals surface area contributed by atoms with Gasteiger partial charge in [0.1, 0.15) is 0 Å². The van der Waals surface area contributed by atoms with Crippen LogP contribution in [0.25, 0.3) is 0 Å². The van der Waals surface area contributed by atoms with Gasteiger partial charge in [0, 0.05) is 32.1 Å². The maximum Gasteiger partial charge on any atom is 0.409 e. The Labute approximate surface area is 147 Å². The molecule has 1 saturated heterocycles.